The van der Waals surface area contributed by atoms with E-state index in [1.54, 1.807) is 24.3 Å². The number of anilines is 1. The largest absolute Gasteiger partial charge is 0.349 e. The fourth-order valence-corrected chi connectivity index (χ4v) is 3.47. The molecule has 2 aromatic rings. The number of para-hydroxylation sites is 1. The number of amides is 2. The maximum atomic E-state index is 12.6. The zero-order valence-corrected chi connectivity index (χ0v) is 16.4. The number of thioether (sulfide) groups is 1. The Bertz CT molecular complexity index is 834. The summed E-state index contributed by atoms with van der Waals surface area (Å²) < 4.78 is 0. The first-order valence-electron chi connectivity index (χ1n) is 8.41. The van der Waals surface area contributed by atoms with Gasteiger partial charge in [0.1, 0.15) is 0 Å². The summed E-state index contributed by atoms with van der Waals surface area (Å²) in [6, 6.07) is 16.2. The fraction of sp³-hybridized carbons (Fsp3) is 0.250. The van der Waals surface area contributed by atoms with E-state index in [2.05, 4.69) is 16.7 Å². The molecule has 140 valence electrons. The summed E-state index contributed by atoms with van der Waals surface area (Å²) in [6.07, 6.45) is 0.534. The Morgan fingerprint density at radius 1 is 1.19 bits per heavy atom. The lowest BCUT2D eigenvalue weighted by atomic mass is 10.0. The van der Waals surface area contributed by atoms with Crippen LogP contribution >= 0.6 is 23.4 Å². The minimum absolute atomic E-state index is 0.0956. The monoisotopic (exact) mass is 401 g/mol. The van der Waals surface area contributed by atoms with Crippen molar-refractivity contribution in [3.05, 3.63) is 59.1 Å². The van der Waals surface area contributed by atoms with Crippen molar-refractivity contribution < 1.29 is 9.59 Å². The van der Waals surface area contributed by atoms with Crippen molar-refractivity contribution in [1.29, 1.82) is 5.26 Å². The van der Waals surface area contributed by atoms with E-state index in [9.17, 15) is 9.59 Å². The molecule has 1 atom stereocenters. The summed E-state index contributed by atoms with van der Waals surface area (Å²) in [5.41, 5.74) is 1.50. The Balaban J connectivity index is 2.08. The van der Waals surface area contributed by atoms with Crippen molar-refractivity contribution >= 4 is 40.9 Å². The quantitative estimate of drug-likeness (QED) is 0.502. The molecule has 2 amide bonds. The normalized spacial score (nSPS) is 11.3. The van der Waals surface area contributed by atoms with E-state index in [1.165, 1.54) is 18.7 Å². The molecule has 0 aliphatic carbocycles. The molecule has 2 rings (SSSR count). The van der Waals surface area contributed by atoms with Gasteiger partial charge in [0.2, 0.25) is 11.8 Å². The zero-order valence-electron chi connectivity index (χ0n) is 14.9. The third-order valence-electron chi connectivity index (χ3n) is 3.67. The topological polar surface area (TPSA) is 82.0 Å². The molecule has 0 fully saturated rings. The maximum Gasteiger partial charge on any atom is 0.226 e. The molecule has 0 bridgehead atoms. The highest BCUT2D eigenvalue weighted by Crippen LogP contribution is 2.28. The Hall–Kier alpha value is -2.49. The number of hydrogen-bond acceptors (Lipinski definition) is 4. The molecular formula is C20H20ClN3O2S. The van der Waals surface area contributed by atoms with Gasteiger partial charge in [-0.1, -0.05) is 35.9 Å². The summed E-state index contributed by atoms with van der Waals surface area (Å²) in [7, 11) is 0. The summed E-state index contributed by atoms with van der Waals surface area (Å²) >= 11 is 7.44. The van der Waals surface area contributed by atoms with Crippen LogP contribution in [0.3, 0.4) is 0 Å². The Kier molecular flexibility index (Phi) is 8.18. The lowest BCUT2D eigenvalue weighted by molar-refractivity contribution is -0.120. The van der Waals surface area contributed by atoms with E-state index < -0.39 is 6.04 Å². The van der Waals surface area contributed by atoms with Crippen LogP contribution in [0.4, 0.5) is 5.69 Å². The molecule has 0 aliphatic rings. The van der Waals surface area contributed by atoms with Gasteiger partial charge in [-0.25, -0.2) is 0 Å². The van der Waals surface area contributed by atoms with Crippen LogP contribution in [0.1, 0.15) is 31.4 Å². The molecule has 0 heterocycles. The van der Waals surface area contributed by atoms with Crippen molar-refractivity contribution in [3.8, 4) is 6.07 Å². The van der Waals surface area contributed by atoms with Gasteiger partial charge in [0.05, 0.1) is 24.2 Å². The standard InChI is InChI=1S/C20H20ClN3O2S/c1-14(25)23-18(15-7-9-16(21)10-8-15)13-20(26)24-17-5-2-3-6-19(17)27-12-4-11-22/h2-3,5-10,18H,4,12-13H2,1H3,(H,23,25)(H,24,26)/t18-/m0/s1. The summed E-state index contributed by atoms with van der Waals surface area (Å²) in [5.74, 6) is 0.232. The first-order chi connectivity index (χ1) is 13.0. The van der Waals surface area contributed by atoms with Crippen LogP contribution in [0.5, 0.6) is 0 Å². The SMILES string of the molecule is CC(=O)N[C@@H](CC(=O)Nc1ccccc1SCCC#N)c1ccc(Cl)cc1. The molecule has 27 heavy (non-hydrogen) atoms. The van der Waals surface area contributed by atoms with E-state index in [1.807, 2.05) is 24.3 Å². The number of nitriles is 1. The van der Waals surface area contributed by atoms with Gasteiger partial charge in [-0.3, -0.25) is 9.59 Å². The van der Waals surface area contributed by atoms with Crippen LogP contribution in [-0.2, 0) is 9.59 Å². The van der Waals surface area contributed by atoms with Crippen LogP contribution in [0.25, 0.3) is 0 Å². The van der Waals surface area contributed by atoms with Crippen molar-refractivity contribution in [2.75, 3.05) is 11.1 Å². The molecule has 2 aromatic carbocycles. The first-order valence-corrected chi connectivity index (χ1v) is 9.77. The number of benzene rings is 2. The Morgan fingerprint density at radius 3 is 2.56 bits per heavy atom. The molecule has 0 aliphatic heterocycles. The van der Waals surface area contributed by atoms with Crippen molar-refractivity contribution in [3.63, 3.8) is 0 Å². The van der Waals surface area contributed by atoms with Crippen LogP contribution in [0.2, 0.25) is 5.02 Å². The lowest BCUT2D eigenvalue weighted by Gasteiger charge is -2.19. The van der Waals surface area contributed by atoms with Gasteiger partial charge in [-0.05, 0) is 29.8 Å². The van der Waals surface area contributed by atoms with Crippen molar-refractivity contribution in [1.82, 2.24) is 5.32 Å². The summed E-state index contributed by atoms with van der Waals surface area (Å²) in [4.78, 5) is 25.0. The predicted octanol–water partition coefficient (Wildman–Crippen LogP) is 4.55. The van der Waals surface area contributed by atoms with Crippen molar-refractivity contribution in [2.45, 2.75) is 30.7 Å². The molecule has 5 nitrogen and oxygen atoms in total. The van der Waals surface area contributed by atoms with Gasteiger partial charge in [-0.15, -0.1) is 11.8 Å². The van der Waals surface area contributed by atoms with Gasteiger partial charge in [0.25, 0.3) is 0 Å². The Labute approximate surface area is 168 Å². The molecule has 0 unspecified atom stereocenters. The maximum absolute atomic E-state index is 12.6. The number of rotatable bonds is 8. The van der Waals surface area contributed by atoms with E-state index in [4.69, 9.17) is 16.9 Å². The van der Waals surface area contributed by atoms with Gasteiger partial charge in [0, 0.05) is 29.0 Å². The van der Waals surface area contributed by atoms with Gasteiger partial charge in [0.15, 0.2) is 0 Å². The first kappa shape index (κ1) is 20.8. The van der Waals surface area contributed by atoms with E-state index >= 15 is 0 Å². The van der Waals surface area contributed by atoms with Gasteiger partial charge >= 0.3 is 0 Å². The van der Waals surface area contributed by atoms with Crippen LogP contribution in [-0.4, -0.2) is 17.6 Å². The van der Waals surface area contributed by atoms with E-state index in [0.717, 1.165) is 10.5 Å². The molecule has 0 saturated carbocycles. The molecule has 0 saturated heterocycles. The summed E-state index contributed by atoms with van der Waals surface area (Å²) in [5, 5.41) is 15.0. The second kappa shape index (κ2) is 10.6. The van der Waals surface area contributed by atoms with Crippen molar-refractivity contribution in [2.24, 2.45) is 0 Å². The number of nitrogens with zero attached hydrogens (tertiary/aromatic N) is 1. The number of halogens is 1. The minimum Gasteiger partial charge on any atom is -0.349 e. The van der Waals surface area contributed by atoms with Crippen LogP contribution in [0, 0.1) is 11.3 Å². The van der Waals surface area contributed by atoms with E-state index in [-0.39, 0.29) is 18.2 Å². The molecular weight excluding hydrogens is 382 g/mol. The lowest BCUT2D eigenvalue weighted by Crippen LogP contribution is -2.29. The summed E-state index contributed by atoms with van der Waals surface area (Å²) in [6.45, 7) is 1.42. The zero-order chi connectivity index (χ0) is 19.6. The minimum atomic E-state index is -0.446. The molecule has 0 spiro atoms. The number of carbonyl (C=O) groups is 2. The molecule has 7 heteroatoms. The van der Waals surface area contributed by atoms with E-state index in [0.29, 0.717) is 22.9 Å². The fourth-order valence-electron chi connectivity index (χ4n) is 2.48. The third kappa shape index (κ3) is 6.97. The third-order valence-corrected chi connectivity index (χ3v) is 5.00. The van der Waals surface area contributed by atoms with Gasteiger partial charge < -0.3 is 10.6 Å². The smallest absolute Gasteiger partial charge is 0.226 e. The number of carbonyl (C=O) groups excluding carboxylic acids is 2. The average Bonchev–Trinajstić information content (AvgIpc) is 2.63. The highest BCUT2D eigenvalue weighted by atomic mass is 35.5. The molecule has 2 N–H and O–H groups in total. The number of nitrogens with one attached hydrogen (secondary N) is 2. The Morgan fingerprint density at radius 2 is 1.89 bits per heavy atom. The van der Waals surface area contributed by atoms with Crippen LogP contribution < -0.4 is 10.6 Å². The van der Waals surface area contributed by atoms with Crippen LogP contribution in [0.15, 0.2) is 53.4 Å². The van der Waals surface area contributed by atoms with Gasteiger partial charge in [-0.2, -0.15) is 5.26 Å². The average molecular weight is 402 g/mol. The molecule has 0 radical (unpaired) electrons. The molecule has 0 aromatic heterocycles. The number of hydrogen-bond donors (Lipinski definition) is 2. The highest BCUT2D eigenvalue weighted by molar-refractivity contribution is 7.99. The predicted molar refractivity (Wildman–Crippen MR) is 109 cm³/mol. The second-order valence-corrected chi connectivity index (χ2v) is 7.38. The highest BCUT2D eigenvalue weighted by Gasteiger charge is 2.18. The second-order valence-electron chi connectivity index (χ2n) is 5.81.